The number of rotatable bonds is 5. The lowest BCUT2D eigenvalue weighted by Crippen LogP contribution is -2.48. The smallest absolute Gasteiger partial charge is 0.237 e. The Morgan fingerprint density at radius 1 is 1.47 bits per heavy atom. The van der Waals surface area contributed by atoms with Crippen molar-refractivity contribution in [2.24, 2.45) is 0 Å². The highest BCUT2D eigenvalue weighted by molar-refractivity contribution is 7.99. The molecule has 0 saturated heterocycles. The number of nitrogens with one attached hydrogen (secondary N) is 2. The molecule has 0 bridgehead atoms. The van der Waals surface area contributed by atoms with E-state index in [-0.39, 0.29) is 11.9 Å². The van der Waals surface area contributed by atoms with Crippen molar-refractivity contribution in [1.82, 2.24) is 10.6 Å². The Kier molecular flexibility index (Phi) is 5.31. The summed E-state index contributed by atoms with van der Waals surface area (Å²) in [5.74, 6) is 4.21. The molecule has 1 aromatic rings. The number of benzene rings is 1. The quantitative estimate of drug-likeness (QED) is 0.626. The van der Waals surface area contributed by atoms with E-state index in [0.29, 0.717) is 12.3 Å². The van der Waals surface area contributed by atoms with Gasteiger partial charge >= 0.3 is 0 Å². The molecule has 2 rings (SSSR count). The molecule has 19 heavy (non-hydrogen) atoms. The van der Waals surface area contributed by atoms with Gasteiger partial charge in [-0.25, -0.2) is 0 Å². The Labute approximate surface area is 118 Å². The van der Waals surface area contributed by atoms with Crippen molar-refractivity contribution in [2.75, 3.05) is 18.1 Å². The van der Waals surface area contributed by atoms with Crippen LogP contribution in [-0.2, 0) is 17.8 Å². The van der Waals surface area contributed by atoms with Crippen LogP contribution in [0.2, 0.25) is 0 Å². The number of hydrogen-bond donors (Lipinski definition) is 2. The van der Waals surface area contributed by atoms with E-state index in [4.69, 9.17) is 6.42 Å². The van der Waals surface area contributed by atoms with Gasteiger partial charge in [0.05, 0.1) is 11.8 Å². The Morgan fingerprint density at radius 3 is 3.05 bits per heavy atom. The van der Waals surface area contributed by atoms with E-state index < -0.39 is 0 Å². The molecule has 1 heterocycles. The monoisotopic (exact) mass is 274 g/mol. The third kappa shape index (κ3) is 4.02. The van der Waals surface area contributed by atoms with Crippen LogP contribution in [0.15, 0.2) is 24.3 Å². The second kappa shape index (κ2) is 7.22. The van der Waals surface area contributed by atoms with E-state index in [1.54, 1.807) is 11.8 Å². The lowest BCUT2D eigenvalue weighted by Gasteiger charge is -2.25. The van der Waals surface area contributed by atoms with Crippen molar-refractivity contribution in [3.05, 3.63) is 35.4 Å². The van der Waals surface area contributed by atoms with Crippen LogP contribution in [0.3, 0.4) is 0 Å². The molecule has 0 spiro atoms. The van der Waals surface area contributed by atoms with Gasteiger partial charge < -0.3 is 10.6 Å². The molecule has 3 nitrogen and oxygen atoms in total. The SMILES string of the molecule is C#CCSCCNC(=O)[C@@H]1Cc2ccccc2CN1. The topological polar surface area (TPSA) is 41.1 Å². The van der Waals surface area contributed by atoms with Gasteiger partial charge in [0.1, 0.15) is 0 Å². The molecule has 1 aliphatic heterocycles. The van der Waals surface area contributed by atoms with Gasteiger partial charge in [-0.3, -0.25) is 4.79 Å². The largest absolute Gasteiger partial charge is 0.354 e. The van der Waals surface area contributed by atoms with Crippen LogP contribution in [0.1, 0.15) is 11.1 Å². The predicted molar refractivity (Wildman–Crippen MR) is 79.9 cm³/mol. The molecule has 0 saturated carbocycles. The van der Waals surface area contributed by atoms with Gasteiger partial charge in [-0.15, -0.1) is 18.2 Å². The molecule has 4 heteroatoms. The van der Waals surface area contributed by atoms with E-state index >= 15 is 0 Å². The minimum Gasteiger partial charge on any atom is -0.354 e. The zero-order chi connectivity index (χ0) is 13.5. The van der Waals surface area contributed by atoms with Crippen LogP contribution >= 0.6 is 11.8 Å². The first-order valence-electron chi connectivity index (χ1n) is 6.40. The number of amides is 1. The van der Waals surface area contributed by atoms with Crippen LogP contribution in [0.25, 0.3) is 0 Å². The second-order valence-corrected chi connectivity index (χ2v) is 5.56. The Balaban J connectivity index is 1.78. The molecule has 1 atom stereocenters. The summed E-state index contributed by atoms with van der Waals surface area (Å²) >= 11 is 1.66. The van der Waals surface area contributed by atoms with E-state index in [1.807, 2.05) is 12.1 Å². The van der Waals surface area contributed by atoms with Gasteiger partial charge in [0.2, 0.25) is 5.91 Å². The van der Waals surface area contributed by atoms with E-state index in [2.05, 4.69) is 28.7 Å². The normalized spacial score (nSPS) is 17.3. The summed E-state index contributed by atoms with van der Waals surface area (Å²) in [5, 5.41) is 6.23. The van der Waals surface area contributed by atoms with Crippen molar-refractivity contribution in [2.45, 2.75) is 19.0 Å². The van der Waals surface area contributed by atoms with Crippen molar-refractivity contribution in [1.29, 1.82) is 0 Å². The Hall–Kier alpha value is -1.44. The minimum absolute atomic E-state index is 0.0795. The summed E-state index contributed by atoms with van der Waals surface area (Å²) < 4.78 is 0. The maximum atomic E-state index is 12.0. The van der Waals surface area contributed by atoms with E-state index in [9.17, 15) is 4.79 Å². The van der Waals surface area contributed by atoms with Crippen molar-refractivity contribution >= 4 is 17.7 Å². The third-order valence-electron chi connectivity index (χ3n) is 3.13. The standard InChI is InChI=1S/C15H18N2OS/c1-2-8-19-9-7-16-15(18)14-10-12-5-3-4-6-13(12)11-17-14/h1,3-6,14,17H,7-11H2,(H,16,18)/t14-/m0/s1. The summed E-state index contributed by atoms with van der Waals surface area (Å²) in [5.41, 5.74) is 2.55. The lowest BCUT2D eigenvalue weighted by atomic mass is 9.95. The molecule has 1 amide bonds. The zero-order valence-electron chi connectivity index (χ0n) is 10.8. The van der Waals surface area contributed by atoms with Gasteiger partial charge in [0.15, 0.2) is 0 Å². The fourth-order valence-corrected chi connectivity index (χ4v) is 2.65. The molecule has 2 N–H and O–H groups in total. The molecular formula is C15H18N2OS. The molecule has 100 valence electrons. The van der Waals surface area contributed by atoms with Crippen LogP contribution in [0, 0.1) is 12.3 Å². The first kappa shape index (κ1) is 14.0. The zero-order valence-corrected chi connectivity index (χ0v) is 11.6. The van der Waals surface area contributed by atoms with E-state index in [0.717, 1.165) is 18.7 Å². The highest BCUT2D eigenvalue weighted by Crippen LogP contribution is 2.16. The molecule has 1 aromatic carbocycles. The molecule has 1 aliphatic rings. The fraction of sp³-hybridized carbons (Fsp3) is 0.400. The van der Waals surface area contributed by atoms with Gasteiger partial charge in [-0.2, -0.15) is 0 Å². The van der Waals surface area contributed by atoms with Crippen molar-refractivity contribution in [3.63, 3.8) is 0 Å². The summed E-state index contributed by atoms with van der Waals surface area (Å²) in [4.78, 5) is 12.0. The summed E-state index contributed by atoms with van der Waals surface area (Å²) in [6, 6.07) is 8.14. The number of terminal acetylenes is 1. The van der Waals surface area contributed by atoms with Crippen LogP contribution in [0.4, 0.5) is 0 Å². The average molecular weight is 274 g/mol. The van der Waals surface area contributed by atoms with E-state index in [1.165, 1.54) is 11.1 Å². The van der Waals surface area contributed by atoms with Crippen molar-refractivity contribution in [3.8, 4) is 12.3 Å². The number of carbonyl (C=O) groups is 1. The first-order chi connectivity index (χ1) is 9.31. The highest BCUT2D eigenvalue weighted by Gasteiger charge is 2.23. The lowest BCUT2D eigenvalue weighted by molar-refractivity contribution is -0.123. The minimum atomic E-state index is -0.118. The van der Waals surface area contributed by atoms with Gasteiger partial charge in [-0.1, -0.05) is 30.2 Å². The molecule has 0 fully saturated rings. The third-order valence-corrected chi connectivity index (χ3v) is 3.99. The van der Waals surface area contributed by atoms with Gasteiger partial charge in [-0.05, 0) is 17.5 Å². The number of fused-ring (bicyclic) bond motifs is 1. The Bertz CT molecular complexity index is 481. The molecule has 0 unspecified atom stereocenters. The second-order valence-electron chi connectivity index (χ2n) is 4.45. The molecule has 0 radical (unpaired) electrons. The molecule has 0 aromatic heterocycles. The van der Waals surface area contributed by atoms with Crippen LogP contribution in [-0.4, -0.2) is 30.0 Å². The van der Waals surface area contributed by atoms with Crippen LogP contribution < -0.4 is 10.6 Å². The first-order valence-corrected chi connectivity index (χ1v) is 7.56. The molecular weight excluding hydrogens is 256 g/mol. The summed E-state index contributed by atoms with van der Waals surface area (Å²) in [6.45, 7) is 1.44. The predicted octanol–water partition coefficient (Wildman–Crippen LogP) is 1.18. The number of thioether (sulfide) groups is 1. The molecule has 0 aliphatic carbocycles. The number of hydrogen-bond acceptors (Lipinski definition) is 3. The van der Waals surface area contributed by atoms with Gasteiger partial charge in [0, 0.05) is 18.8 Å². The summed E-state index contributed by atoms with van der Waals surface area (Å²) in [6.07, 6.45) is 5.93. The van der Waals surface area contributed by atoms with Crippen molar-refractivity contribution < 1.29 is 4.79 Å². The van der Waals surface area contributed by atoms with Gasteiger partial charge in [0.25, 0.3) is 0 Å². The fourth-order valence-electron chi connectivity index (χ4n) is 2.14. The Morgan fingerprint density at radius 2 is 2.26 bits per heavy atom. The summed E-state index contributed by atoms with van der Waals surface area (Å²) in [7, 11) is 0. The number of carbonyl (C=O) groups excluding carboxylic acids is 1. The highest BCUT2D eigenvalue weighted by atomic mass is 32.2. The van der Waals surface area contributed by atoms with Crippen LogP contribution in [0.5, 0.6) is 0 Å². The maximum Gasteiger partial charge on any atom is 0.237 e. The maximum absolute atomic E-state index is 12.0. The average Bonchev–Trinajstić information content (AvgIpc) is 2.46.